The molecule has 1 heterocycles. The summed E-state index contributed by atoms with van der Waals surface area (Å²) in [6.07, 6.45) is 7.98. The van der Waals surface area contributed by atoms with Crippen molar-refractivity contribution in [2.45, 2.75) is 57.6 Å². The molecule has 1 aliphatic rings. The first-order chi connectivity index (χ1) is 15.5. The SMILES string of the molecule is Cc1cc(/C=N/NC(=O)C(O)(c2ccccc2)c2ccccc2)c(C)n1C1CCCCC1. The number of rotatable bonds is 6. The van der Waals surface area contributed by atoms with Gasteiger partial charge in [0.1, 0.15) is 0 Å². The van der Waals surface area contributed by atoms with Crippen LogP contribution in [-0.4, -0.2) is 21.8 Å². The van der Waals surface area contributed by atoms with Crippen LogP contribution >= 0.6 is 0 Å². The molecule has 0 saturated heterocycles. The summed E-state index contributed by atoms with van der Waals surface area (Å²) in [6.45, 7) is 4.23. The Morgan fingerprint density at radius 3 is 2.12 bits per heavy atom. The standard InChI is InChI=1S/C27H31N3O2/c1-20-18-22(21(2)30(20)25-16-10-5-11-17-25)19-28-29-26(31)27(32,23-12-6-3-7-13-23)24-14-8-4-9-15-24/h3-4,6-9,12-15,18-19,25,32H,5,10-11,16-17H2,1-2H3,(H,29,31)/b28-19+. The van der Waals surface area contributed by atoms with Gasteiger partial charge in [-0.2, -0.15) is 5.10 Å². The summed E-state index contributed by atoms with van der Waals surface area (Å²) in [5.41, 5.74) is 5.09. The van der Waals surface area contributed by atoms with E-state index in [1.165, 1.54) is 37.8 Å². The van der Waals surface area contributed by atoms with Crippen molar-refractivity contribution in [2.24, 2.45) is 5.10 Å². The summed E-state index contributed by atoms with van der Waals surface area (Å²) in [7, 11) is 0. The van der Waals surface area contributed by atoms with Crippen LogP contribution in [0.5, 0.6) is 0 Å². The first-order valence-electron chi connectivity index (χ1n) is 11.4. The number of nitrogens with one attached hydrogen (secondary N) is 1. The molecule has 2 aromatic carbocycles. The van der Waals surface area contributed by atoms with Crippen molar-refractivity contribution in [3.63, 3.8) is 0 Å². The minimum atomic E-state index is -1.83. The van der Waals surface area contributed by atoms with Gasteiger partial charge in [-0.1, -0.05) is 79.9 Å². The first kappa shape index (κ1) is 22.0. The molecule has 0 radical (unpaired) electrons. The first-order valence-corrected chi connectivity index (χ1v) is 11.4. The highest BCUT2D eigenvalue weighted by atomic mass is 16.3. The molecule has 1 fully saturated rings. The van der Waals surface area contributed by atoms with E-state index >= 15 is 0 Å². The Hall–Kier alpha value is -3.18. The van der Waals surface area contributed by atoms with E-state index in [-0.39, 0.29) is 0 Å². The number of carbonyl (C=O) groups is 1. The minimum absolute atomic E-state index is 0.495. The lowest BCUT2D eigenvalue weighted by Crippen LogP contribution is -2.43. The lowest BCUT2D eigenvalue weighted by Gasteiger charge is -2.27. The van der Waals surface area contributed by atoms with Crippen LogP contribution in [0.15, 0.2) is 71.8 Å². The zero-order valence-electron chi connectivity index (χ0n) is 18.8. The van der Waals surface area contributed by atoms with Gasteiger partial charge in [-0.25, -0.2) is 5.43 Å². The number of nitrogens with zero attached hydrogens (tertiary/aromatic N) is 2. The fraction of sp³-hybridized carbons (Fsp3) is 0.333. The summed E-state index contributed by atoms with van der Waals surface area (Å²) in [5.74, 6) is -0.591. The maximum Gasteiger partial charge on any atom is 0.281 e. The van der Waals surface area contributed by atoms with Gasteiger partial charge in [0, 0.05) is 23.0 Å². The Morgan fingerprint density at radius 2 is 1.56 bits per heavy atom. The van der Waals surface area contributed by atoms with E-state index in [1.54, 1.807) is 54.7 Å². The fourth-order valence-corrected chi connectivity index (χ4v) is 4.86. The number of hydrogen-bond donors (Lipinski definition) is 2. The van der Waals surface area contributed by atoms with Crippen LogP contribution in [0.3, 0.4) is 0 Å². The molecule has 1 amide bonds. The van der Waals surface area contributed by atoms with E-state index < -0.39 is 11.5 Å². The summed E-state index contributed by atoms with van der Waals surface area (Å²) in [5, 5.41) is 15.7. The number of hydrazone groups is 1. The molecule has 5 heteroatoms. The van der Waals surface area contributed by atoms with E-state index in [4.69, 9.17) is 0 Å². The minimum Gasteiger partial charge on any atom is -0.372 e. The van der Waals surface area contributed by atoms with Gasteiger partial charge < -0.3 is 9.67 Å². The van der Waals surface area contributed by atoms with Crippen LogP contribution in [0.1, 0.15) is 66.2 Å². The molecule has 4 rings (SSSR count). The molecule has 1 aromatic heterocycles. The van der Waals surface area contributed by atoms with Crippen LogP contribution in [0.4, 0.5) is 0 Å². The normalized spacial score (nSPS) is 15.2. The average molecular weight is 430 g/mol. The van der Waals surface area contributed by atoms with Crippen molar-refractivity contribution in [2.75, 3.05) is 0 Å². The van der Waals surface area contributed by atoms with Crippen molar-refractivity contribution in [1.82, 2.24) is 9.99 Å². The third-order valence-corrected chi connectivity index (χ3v) is 6.54. The van der Waals surface area contributed by atoms with Crippen LogP contribution < -0.4 is 5.43 Å². The molecule has 0 atom stereocenters. The smallest absolute Gasteiger partial charge is 0.281 e. The van der Waals surface area contributed by atoms with Gasteiger partial charge in [0.2, 0.25) is 0 Å². The summed E-state index contributed by atoms with van der Waals surface area (Å²) >= 11 is 0. The number of carbonyl (C=O) groups excluding carboxylic acids is 1. The highest BCUT2D eigenvalue weighted by Gasteiger charge is 2.39. The van der Waals surface area contributed by atoms with Crippen LogP contribution in [0, 0.1) is 13.8 Å². The molecule has 2 N–H and O–H groups in total. The molecular formula is C27H31N3O2. The molecule has 0 bridgehead atoms. The average Bonchev–Trinajstić information content (AvgIpc) is 3.12. The molecule has 5 nitrogen and oxygen atoms in total. The molecule has 0 spiro atoms. The van der Waals surface area contributed by atoms with Crippen LogP contribution in [0.25, 0.3) is 0 Å². The van der Waals surface area contributed by atoms with Gasteiger partial charge in [-0.15, -0.1) is 0 Å². The van der Waals surface area contributed by atoms with Crippen molar-refractivity contribution in [3.05, 3.63) is 94.8 Å². The lowest BCUT2D eigenvalue weighted by atomic mass is 9.85. The zero-order chi connectivity index (χ0) is 22.6. The Morgan fingerprint density at radius 1 is 1.00 bits per heavy atom. The second-order valence-electron chi connectivity index (χ2n) is 8.63. The monoisotopic (exact) mass is 429 g/mol. The third kappa shape index (κ3) is 4.26. The van der Waals surface area contributed by atoms with Gasteiger partial charge in [-0.3, -0.25) is 4.79 Å². The van der Waals surface area contributed by atoms with Crippen LogP contribution in [0.2, 0.25) is 0 Å². The molecule has 0 aliphatic heterocycles. The Kier molecular flexibility index (Phi) is 6.56. The summed E-state index contributed by atoms with van der Waals surface area (Å²) < 4.78 is 2.41. The van der Waals surface area contributed by atoms with Crippen LogP contribution in [-0.2, 0) is 10.4 Å². The predicted molar refractivity (Wildman–Crippen MR) is 128 cm³/mol. The Balaban J connectivity index is 1.57. The van der Waals surface area contributed by atoms with E-state index in [0.717, 1.165) is 11.3 Å². The maximum absolute atomic E-state index is 13.2. The summed E-state index contributed by atoms with van der Waals surface area (Å²) in [6, 6.07) is 20.6. The predicted octanol–water partition coefficient (Wildman–Crippen LogP) is 5.00. The Bertz CT molecular complexity index is 1040. The molecule has 1 saturated carbocycles. The van der Waals surface area contributed by atoms with Gasteiger partial charge in [-0.05, 0) is 43.9 Å². The number of hydrogen-bond acceptors (Lipinski definition) is 3. The van der Waals surface area contributed by atoms with Gasteiger partial charge in [0.15, 0.2) is 5.60 Å². The topological polar surface area (TPSA) is 66.6 Å². The quantitative estimate of drug-likeness (QED) is 0.428. The van der Waals surface area contributed by atoms with E-state index in [2.05, 4.69) is 35.0 Å². The van der Waals surface area contributed by atoms with Crippen molar-refractivity contribution in [3.8, 4) is 0 Å². The number of benzene rings is 2. The molecule has 32 heavy (non-hydrogen) atoms. The van der Waals surface area contributed by atoms with Gasteiger partial charge >= 0.3 is 0 Å². The third-order valence-electron chi connectivity index (χ3n) is 6.54. The maximum atomic E-state index is 13.2. The second-order valence-corrected chi connectivity index (χ2v) is 8.63. The highest BCUT2D eigenvalue weighted by molar-refractivity contribution is 5.91. The fourth-order valence-electron chi connectivity index (χ4n) is 4.86. The van der Waals surface area contributed by atoms with Gasteiger partial charge in [0.05, 0.1) is 6.21 Å². The second kappa shape index (κ2) is 9.53. The van der Waals surface area contributed by atoms with E-state index in [0.29, 0.717) is 17.2 Å². The molecule has 0 unspecified atom stereocenters. The van der Waals surface area contributed by atoms with E-state index in [9.17, 15) is 9.90 Å². The number of aliphatic hydroxyl groups is 1. The number of aryl methyl sites for hydroxylation is 1. The molecule has 3 aromatic rings. The highest BCUT2D eigenvalue weighted by Crippen LogP contribution is 2.32. The van der Waals surface area contributed by atoms with E-state index in [1.807, 2.05) is 12.1 Å². The molecule has 1 aliphatic carbocycles. The molecule has 166 valence electrons. The lowest BCUT2D eigenvalue weighted by molar-refractivity contribution is -0.136. The van der Waals surface area contributed by atoms with Crippen molar-refractivity contribution in [1.29, 1.82) is 0 Å². The zero-order valence-corrected chi connectivity index (χ0v) is 18.8. The Labute approximate surface area is 189 Å². The largest absolute Gasteiger partial charge is 0.372 e. The van der Waals surface area contributed by atoms with Gasteiger partial charge in [0.25, 0.3) is 5.91 Å². The van der Waals surface area contributed by atoms with Crippen molar-refractivity contribution >= 4 is 12.1 Å². The molecular weight excluding hydrogens is 398 g/mol. The van der Waals surface area contributed by atoms with Crippen molar-refractivity contribution < 1.29 is 9.90 Å². The number of amides is 1. The summed E-state index contributed by atoms with van der Waals surface area (Å²) in [4.78, 5) is 13.2. The number of aromatic nitrogens is 1.